The second-order valence-electron chi connectivity index (χ2n) is 5.53. The Bertz CT molecular complexity index is 475. The quantitative estimate of drug-likeness (QED) is 0.902. The first-order valence-electron chi connectivity index (χ1n) is 6.92. The summed E-state index contributed by atoms with van der Waals surface area (Å²) in [5.74, 6) is 0.296. The number of halogens is 1. The second-order valence-corrected chi connectivity index (χ2v) is 5.90. The van der Waals surface area contributed by atoms with Crippen molar-refractivity contribution < 1.29 is 4.79 Å². The molecule has 4 nitrogen and oxygen atoms in total. The lowest BCUT2D eigenvalue weighted by Crippen LogP contribution is -2.35. The van der Waals surface area contributed by atoms with Crippen LogP contribution in [0.5, 0.6) is 0 Å². The Kier molecular flexibility index (Phi) is 4.31. The Balaban J connectivity index is 2.20. The molecule has 5 heteroatoms. The average Bonchev–Trinajstić information content (AvgIpc) is 2.92. The van der Waals surface area contributed by atoms with E-state index in [1.54, 1.807) is 4.68 Å². The van der Waals surface area contributed by atoms with E-state index in [9.17, 15) is 4.79 Å². The van der Waals surface area contributed by atoms with Gasteiger partial charge in [0.05, 0.1) is 22.8 Å². The molecule has 0 spiro atoms. The maximum absolute atomic E-state index is 12.7. The van der Waals surface area contributed by atoms with Crippen molar-refractivity contribution in [1.29, 1.82) is 0 Å². The van der Waals surface area contributed by atoms with Gasteiger partial charge in [0.15, 0.2) is 0 Å². The van der Waals surface area contributed by atoms with Crippen molar-refractivity contribution in [3.05, 3.63) is 16.4 Å². The fourth-order valence-electron chi connectivity index (χ4n) is 3.02. The Labute approximate surface area is 119 Å². The van der Waals surface area contributed by atoms with Gasteiger partial charge in [-0.15, -0.1) is 0 Å². The number of aryl methyl sites for hydroxylation is 2. The first-order valence-corrected chi connectivity index (χ1v) is 7.30. The van der Waals surface area contributed by atoms with Gasteiger partial charge in [-0.1, -0.05) is 24.9 Å². The van der Waals surface area contributed by atoms with Crippen molar-refractivity contribution in [3.8, 4) is 0 Å². The number of carbonyl (C=O) groups excluding carboxylic acids is 1. The molecule has 0 amide bonds. The van der Waals surface area contributed by atoms with Gasteiger partial charge in [-0.2, -0.15) is 5.10 Å². The fourth-order valence-corrected chi connectivity index (χ4v) is 3.25. The highest BCUT2D eigenvalue weighted by Gasteiger charge is 2.40. The molecule has 1 saturated heterocycles. The van der Waals surface area contributed by atoms with E-state index in [0.717, 1.165) is 43.7 Å². The van der Waals surface area contributed by atoms with Crippen molar-refractivity contribution in [3.63, 3.8) is 0 Å². The first-order chi connectivity index (χ1) is 9.00. The standard InChI is InChI=1S/C14H22ClN3O/c1-4-5-14(6-7-16-9-14)12(19)8-11-13(15)10(2)17-18(11)3/h16H,4-9H2,1-3H3. The predicted molar refractivity (Wildman–Crippen MR) is 76.5 cm³/mol. The third-order valence-electron chi connectivity index (χ3n) is 4.15. The number of ketones is 1. The van der Waals surface area contributed by atoms with Gasteiger partial charge in [0.25, 0.3) is 0 Å². The normalized spacial score (nSPS) is 22.9. The number of hydrogen-bond donors (Lipinski definition) is 1. The van der Waals surface area contributed by atoms with Crippen molar-refractivity contribution in [2.75, 3.05) is 13.1 Å². The Morgan fingerprint density at radius 3 is 2.79 bits per heavy atom. The van der Waals surface area contributed by atoms with Gasteiger partial charge in [0.2, 0.25) is 0 Å². The summed E-state index contributed by atoms with van der Waals surface area (Å²) in [7, 11) is 1.85. The van der Waals surface area contributed by atoms with Crippen molar-refractivity contribution in [2.24, 2.45) is 12.5 Å². The third kappa shape index (κ3) is 2.70. The summed E-state index contributed by atoms with van der Waals surface area (Å²) in [6.45, 7) is 5.74. The number of carbonyl (C=O) groups is 1. The summed E-state index contributed by atoms with van der Waals surface area (Å²) in [4.78, 5) is 12.7. The first kappa shape index (κ1) is 14.5. The number of aromatic nitrogens is 2. The number of Topliss-reactive ketones (excluding diaryl/α,β-unsaturated/α-hetero) is 1. The van der Waals surface area contributed by atoms with Crippen LogP contribution in [-0.2, 0) is 18.3 Å². The lowest BCUT2D eigenvalue weighted by atomic mass is 9.77. The van der Waals surface area contributed by atoms with E-state index in [1.165, 1.54) is 0 Å². The van der Waals surface area contributed by atoms with Crippen LogP contribution in [0.2, 0.25) is 5.02 Å². The SMILES string of the molecule is CCCC1(C(=O)Cc2c(Cl)c(C)nn2C)CCNC1. The zero-order chi connectivity index (χ0) is 14.0. The summed E-state index contributed by atoms with van der Waals surface area (Å²) in [5, 5.41) is 8.23. The molecule has 0 aromatic carbocycles. The summed E-state index contributed by atoms with van der Waals surface area (Å²) < 4.78 is 1.73. The monoisotopic (exact) mass is 283 g/mol. The molecule has 0 radical (unpaired) electrons. The lowest BCUT2D eigenvalue weighted by molar-refractivity contribution is -0.127. The highest BCUT2D eigenvalue weighted by atomic mass is 35.5. The minimum absolute atomic E-state index is 0.198. The molecular formula is C14H22ClN3O. The van der Waals surface area contributed by atoms with Crippen LogP contribution in [0.1, 0.15) is 37.6 Å². The van der Waals surface area contributed by atoms with Crippen LogP contribution >= 0.6 is 11.6 Å². The van der Waals surface area contributed by atoms with E-state index in [0.29, 0.717) is 17.2 Å². The molecule has 19 heavy (non-hydrogen) atoms. The topological polar surface area (TPSA) is 46.9 Å². The summed E-state index contributed by atoms with van der Waals surface area (Å²) in [5.41, 5.74) is 1.43. The average molecular weight is 284 g/mol. The van der Waals surface area contributed by atoms with Crippen LogP contribution in [-0.4, -0.2) is 28.7 Å². The Hall–Kier alpha value is -0.870. The molecule has 1 aliphatic heterocycles. The van der Waals surface area contributed by atoms with Gasteiger partial charge in [0, 0.05) is 19.0 Å². The molecule has 1 aromatic heterocycles. The maximum atomic E-state index is 12.7. The van der Waals surface area contributed by atoms with Crippen molar-refractivity contribution >= 4 is 17.4 Å². The van der Waals surface area contributed by atoms with Crippen LogP contribution in [0.25, 0.3) is 0 Å². The zero-order valence-electron chi connectivity index (χ0n) is 11.9. The smallest absolute Gasteiger partial charge is 0.146 e. The lowest BCUT2D eigenvalue weighted by Gasteiger charge is -2.26. The van der Waals surface area contributed by atoms with E-state index in [-0.39, 0.29) is 5.41 Å². The molecule has 0 saturated carbocycles. The molecule has 1 atom stereocenters. The van der Waals surface area contributed by atoms with Crippen LogP contribution in [0, 0.1) is 12.3 Å². The summed E-state index contributed by atoms with van der Waals surface area (Å²) in [6, 6.07) is 0. The number of rotatable bonds is 5. The molecule has 1 unspecified atom stereocenters. The number of hydrogen-bond acceptors (Lipinski definition) is 3. The molecular weight excluding hydrogens is 262 g/mol. The van der Waals surface area contributed by atoms with Crippen molar-refractivity contribution in [1.82, 2.24) is 15.1 Å². The van der Waals surface area contributed by atoms with Gasteiger partial charge in [-0.05, 0) is 26.3 Å². The van der Waals surface area contributed by atoms with Gasteiger partial charge < -0.3 is 5.32 Å². The van der Waals surface area contributed by atoms with Crippen LogP contribution in [0.4, 0.5) is 0 Å². The van der Waals surface area contributed by atoms with Crippen molar-refractivity contribution in [2.45, 2.75) is 39.5 Å². The Morgan fingerprint density at radius 2 is 2.32 bits per heavy atom. The molecule has 0 aliphatic carbocycles. The highest BCUT2D eigenvalue weighted by molar-refractivity contribution is 6.32. The number of nitrogens with one attached hydrogen (secondary N) is 1. The maximum Gasteiger partial charge on any atom is 0.146 e. The largest absolute Gasteiger partial charge is 0.316 e. The van der Waals surface area contributed by atoms with Gasteiger partial charge in [-0.25, -0.2) is 0 Å². The van der Waals surface area contributed by atoms with E-state index in [4.69, 9.17) is 11.6 Å². The van der Waals surface area contributed by atoms with Gasteiger partial charge in [-0.3, -0.25) is 9.48 Å². The molecule has 1 aliphatic rings. The summed E-state index contributed by atoms with van der Waals surface area (Å²) >= 11 is 6.24. The highest BCUT2D eigenvalue weighted by Crippen LogP contribution is 2.34. The van der Waals surface area contributed by atoms with E-state index < -0.39 is 0 Å². The van der Waals surface area contributed by atoms with Gasteiger partial charge >= 0.3 is 0 Å². The minimum atomic E-state index is -0.198. The van der Waals surface area contributed by atoms with E-state index in [1.807, 2.05) is 14.0 Å². The van der Waals surface area contributed by atoms with E-state index >= 15 is 0 Å². The molecule has 1 N–H and O–H groups in total. The predicted octanol–water partition coefficient (Wildman–Crippen LogP) is 2.27. The molecule has 1 fully saturated rings. The fraction of sp³-hybridized carbons (Fsp3) is 0.714. The number of nitrogens with zero attached hydrogens (tertiary/aromatic N) is 2. The van der Waals surface area contributed by atoms with Crippen LogP contribution in [0.3, 0.4) is 0 Å². The zero-order valence-corrected chi connectivity index (χ0v) is 12.7. The second kappa shape index (κ2) is 5.63. The molecule has 2 heterocycles. The third-order valence-corrected chi connectivity index (χ3v) is 4.65. The van der Waals surface area contributed by atoms with Crippen LogP contribution in [0.15, 0.2) is 0 Å². The summed E-state index contributed by atoms with van der Waals surface area (Å²) in [6.07, 6.45) is 3.31. The molecule has 106 valence electrons. The Morgan fingerprint density at radius 1 is 1.58 bits per heavy atom. The van der Waals surface area contributed by atoms with Crippen LogP contribution < -0.4 is 5.32 Å². The molecule has 0 bridgehead atoms. The molecule has 2 rings (SSSR count). The minimum Gasteiger partial charge on any atom is -0.316 e. The molecule has 1 aromatic rings. The van der Waals surface area contributed by atoms with E-state index in [2.05, 4.69) is 17.3 Å². The van der Waals surface area contributed by atoms with Gasteiger partial charge in [0.1, 0.15) is 5.78 Å².